The Morgan fingerprint density at radius 1 is 1.26 bits per heavy atom. The third kappa shape index (κ3) is 1.55. The van der Waals surface area contributed by atoms with Crippen molar-refractivity contribution in [3.63, 3.8) is 0 Å². The van der Waals surface area contributed by atoms with Crippen molar-refractivity contribution in [1.29, 1.82) is 0 Å². The Labute approximate surface area is 110 Å². The summed E-state index contributed by atoms with van der Waals surface area (Å²) in [6, 6.07) is 3.18. The highest BCUT2D eigenvalue weighted by molar-refractivity contribution is 6.25. The molecule has 0 unspecified atom stereocenters. The molecule has 3 rings (SSSR count). The minimum atomic E-state index is -0.240. The smallest absolute Gasteiger partial charge is 0.244 e. The van der Waals surface area contributed by atoms with E-state index in [1.807, 2.05) is 0 Å². The van der Waals surface area contributed by atoms with Crippen molar-refractivity contribution in [2.24, 2.45) is 0 Å². The largest absolute Gasteiger partial charge is 0.289 e. The van der Waals surface area contributed by atoms with Crippen molar-refractivity contribution in [3.05, 3.63) is 41.1 Å². The molecule has 1 heterocycles. The van der Waals surface area contributed by atoms with Gasteiger partial charge < -0.3 is 0 Å². The highest BCUT2D eigenvalue weighted by Crippen LogP contribution is 2.26. The zero-order chi connectivity index (χ0) is 13.7. The molecule has 0 saturated carbocycles. The van der Waals surface area contributed by atoms with E-state index in [-0.39, 0.29) is 18.9 Å². The number of carbonyl (C=O) groups excluding carboxylic acids is 3. The van der Waals surface area contributed by atoms with Gasteiger partial charge in [-0.05, 0) is 25.1 Å². The molecule has 0 amide bonds. The maximum absolute atomic E-state index is 12.0. The van der Waals surface area contributed by atoms with Crippen LogP contribution in [0.15, 0.2) is 30.0 Å². The first kappa shape index (κ1) is 11.5. The van der Waals surface area contributed by atoms with E-state index in [1.54, 1.807) is 19.1 Å². The molecule has 1 aromatic carbocycles. The van der Waals surface area contributed by atoms with E-state index in [4.69, 9.17) is 0 Å². The second-order valence-electron chi connectivity index (χ2n) is 4.55. The topological polar surface area (TPSA) is 69.0 Å². The number of carbonyl (C=O) groups is 3. The molecule has 0 aliphatic heterocycles. The first-order chi connectivity index (χ1) is 8.99. The van der Waals surface area contributed by atoms with Crippen LogP contribution in [-0.2, 0) is 0 Å². The number of fused-ring (bicyclic) bond motifs is 2. The maximum Gasteiger partial charge on any atom is 0.244 e. The number of benzene rings is 1. The van der Waals surface area contributed by atoms with Crippen LogP contribution >= 0.6 is 0 Å². The van der Waals surface area contributed by atoms with Crippen molar-refractivity contribution >= 4 is 28.4 Å². The summed E-state index contributed by atoms with van der Waals surface area (Å²) in [6.45, 7) is 3.01. The van der Waals surface area contributed by atoms with Gasteiger partial charge in [-0.2, -0.15) is 5.10 Å². The zero-order valence-corrected chi connectivity index (χ0v) is 10.4. The van der Waals surface area contributed by atoms with Gasteiger partial charge in [0.15, 0.2) is 11.6 Å². The summed E-state index contributed by atoms with van der Waals surface area (Å²) in [5.41, 5.74) is 1.67. The lowest BCUT2D eigenvalue weighted by atomic mass is 9.89. The highest BCUT2D eigenvalue weighted by Gasteiger charge is 2.24. The Kier molecular flexibility index (Phi) is 2.25. The molecule has 5 heteroatoms. The molecule has 0 fully saturated rings. The molecule has 0 N–H and O–H groups in total. The van der Waals surface area contributed by atoms with Crippen LogP contribution in [0.25, 0.3) is 10.9 Å². The molecule has 0 atom stereocenters. The molecule has 0 spiro atoms. The molecule has 19 heavy (non-hydrogen) atoms. The summed E-state index contributed by atoms with van der Waals surface area (Å²) < 4.78 is 1.22. The summed E-state index contributed by atoms with van der Waals surface area (Å²) in [5, 5.41) is 4.63. The number of aromatic nitrogens is 2. The van der Waals surface area contributed by atoms with Crippen LogP contribution in [0.2, 0.25) is 0 Å². The molecule has 2 aromatic rings. The first-order valence-electron chi connectivity index (χ1n) is 5.79. The summed E-state index contributed by atoms with van der Waals surface area (Å²) in [6.07, 6.45) is 2.84. The Bertz CT molecular complexity index is 802. The molecule has 0 saturated heterocycles. The average Bonchev–Trinajstić information content (AvgIpc) is 2.77. The van der Waals surface area contributed by atoms with E-state index in [0.29, 0.717) is 27.6 Å². The van der Waals surface area contributed by atoms with Crippen molar-refractivity contribution < 1.29 is 15.8 Å². The van der Waals surface area contributed by atoms with Crippen LogP contribution in [0.1, 0.15) is 40.8 Å². The van der Waals surface area contributed by atoms with E-state index in [2.05, 4.69) is 5.10 Å². The third-order valence-corrected chi connectivity index (χ3v) is 3.22. The predicted octanol–water partition coefficient (Wildman–Crippen LogP) is 2.27. The van der Waals surface area contributed by atoms with Gasteiger partial charge in [-0.25, -0.2) is 4.68 Å². The molecule has 5 nitrogen and oxygen atoms in total. The quantitative estimate of drug-likeness (QED) is 0.725. The lowest BCUT2D eigenvalue weighted by molar-refractivity contribution is 0.0925. The number of nitrogens with zero attached hydrogens (tertiary/aromatic N) is 2. The van der Waals surface area contributed by atoms with Gasteiger partial charge in [-0.1, -0.05) is 0 Å². The van der Waals surface area contributed by atoms with E-state index in [1.165, 1.54) is 23.9 Å². The minimum absolute atomic E-state index is 0. The normalized spacial score (nSPS) is 14.5. The van der Waals surface area contributed by atoms with Gasteiger partial charge in [0.1, 0.15) is 0 Å². The minimum Gasteiger partial charge on any atom is -0.289 e. The molecule has 0 radical (unpaired) electrons. The van der Waals surface area contributed by atoms with Crippen molar-refractivity contribution in [2.45, 2.75) is 13.8 Å². The van der Waals surface area contributed by atoms with Gasteiger partial charge in [0.2, 0.25) is 5.91 Å². The molecular weight excluding hydrogens is 244 g/mol. The summed E-state index contributed by atoms with van der Waals surface area (Å²) in [4.78, 5) is 35.4. The fraction of sp³-hybridized carbons (Fsp3) is 0.143. The van der Waals surface area contributed by atoms with Gasteiger partial charge >= 0.3 is 0 Å². The van der Waals surface area contributed by atoms with Crippen molar-refractivity contribution in [2.75, 3.05) is 0 Å². The lowest BCUT2D eigenvalue weighted by Crippen LogP contribution is -2.16. The molecule has 1 aliphatic carbocycles. The van der Waals surface area contributed by atoms with Crippen LogP contribution in [0.4, 0.5) is 0 Å². The highest BCUT2D eigenvalue weighted by atomic mass is 16.2. The Morgan fingerprint density at radius 2 is 2.00 bits per heavy atom. The Hall–Kier alpha value is -2.56. The van der Waals surface area contributed by atoms with Crippen LogP contribution in [-0.4, -0.2) is 27.3 Å². The monoisotopic (exact) mass is 256 g/mol. The Morgan fingerprint density at radius 3 is 2.68 bits per heavy atom. The summed E-state index contributed by atoms with van der Waals surface area (Å²) in [5.74, 6) is -0.617. The first-order valence-corrected chi connectivity index (χ1v) is 5.79. The standard InChI is InChI=1S/C14H10N2O3.H2/c1-7-3-13(18)10-5-12-9(4-11(10)14(7)19)6-15-16(12)8(2)17;/h3-6H,1-2H3;1H. The zero-order valence-electron chi connectivity index (χ0n) is 10.4. The van der Waals surface area contributed by atoms with Gasteiger partial charge in [0.05, 0.1) is 11.7 Å². The molecule has 1 aliphatic rings. The number of allylic oxidation sites excluding steroid dienone is 2. The maximum atomic E-state index is 12.0. The third-order valence-electron chi connectivity index (χ3n) is 3.22. The van der Waals surface area contributed by atoms with E-state index >= 15 is 0 Å². The van der Waals surface area contributed by atoms with Crippen LogP contribution in [0, 0.1) is 0 Å². The van der Waals surface area contributed by atoms with E-state index in [0.717, 1.165) is 0 Å². The molecule has 1 aromatic heterocycles. The van der Waals surface area contributed by atoms with Gasteiger partial charge in [0.25, 0.3) is 0 Å². The van der Waals surface area contributed by atoms with Gasteiger partial charge in [-0.3, -0.25) is 14.4 Å². The summed E-state index contributed by atoms with van der Waals surface area (Å²) in [7, 11) is 0. The molecule has 96 valence electrons. The summed E-state index contributed by atoms with van der Waals surface area (Å²) >= 11 is 0. The van der Waals surface area contributed by atoms with Crippen LogP contribution < -0.4 is 0 Å². The van der Waals surface area contributed by atoms with Gasteiger partial charge in [-0.15, -0.1) is 0 Å². The molecular formula is C14H12N2O3. The number of ketones is 2. The predicted molar refractivity (Wildman–Crippen MR) is 70.6 cm³/mol. The fourth-order valence-electron chi connectivity index (χ4n) is 2.27. The number of Topliss-reactive ketones (excluding diaryl/α,β-unsaturated/α-hetero) is 1. The average molecular weight is 256 g/mol. The molecule has 0 bridgehead atoms. The number of hydrogen-bond acceptors (Lipinski definition) is 4. The van der Waals surface area contributed by atoms with Crippen molar-refractivity contribution in [3.8, 4) is 0 Å². The number of hydrogen-bond donors (Lipinski definition) is 0. The second kappa shape index (κ2) is 3.71. The van der Waals surface area contributed by atoms with Crippen molar-refractivity contribution in [1.82, 2.24) is 9.78 Å². The van der Waals surface area contributed by atoms with Gasteiger partial charge in [0, 0.05) is 30.4 Å². The Balaban J connectivity index is 0.00000147. The number of rotatable bonds is 0. The lowest BCUT2D eigenvalue weighted by Gasteiger charge is -2.12. The SMILES string of the molecule is CC(=O)n1ncc2cc3c(cc21)C(=O)C=C(C)C3=O.[HH]. The van der Waals surface area contributed by atoms with Crippen LogP contribution in [0.3, 0.4) is 0 Å². The fourth-order valence-corrected chi connectivity index (χ4v) is 2.27. The van der Waals surface area contributed by atoms with Crippen LogP contribution in [0.5, 0.6) is 0 Å². The van der Waals surface area contributed by atoms with E-state index < -0.39 is 0 Å². The second-order valence-corrected chi connectivity index (χ2v) is 4.55. The van der Waals surface area contributed by atoms with E-state index in [9.17, 15) is 14.4 Å².